The van der Waals surface area contributed by atoms with Gasteiger partial charge in [0, 0.05) is 24.3 Å². The molecule has 1 fully saturated rings. The molecule has 0 atom stereocenters. The molecule has 3 rings (SSSR count). The number of nitrogens with one attached hydrogen (secondary N) is 1. The molecule has 4 nitrogen and oxygen atoms in total. The molecule has 0 spiro atoms. The summed E-state index contributed by atoms with van der Waals surface area (Å²) < 4.78 is 0. The van der Waals surface area contributed by atoms with Crippen molar-refractivity contribution >= 4 is 40.7 Å². The Labute approximate surface area is 127 Å². The Morgan fingerprint density at radius 2 is 1.90 bits per heavy atom. The molecule has 0 bridgehead atoms. The maximum Gasteiger partial charge on any atom is 0.227 e. The summed E-state index contributed by atoms with van der Waals surface area (Å²) in [5.41, 5.74) is 0.780. The fourth-order valence-corrected chi connectivity index (χ4v) is 2.67. The van der Waals surface area contributed by atoms with Gasteiger partial charge in [-0.3, -0.25) is 0 Å². The summed E-state index contributed by atoms with van der Waals surface area (Å²) in [5, 5.41) is 4.38. The summed E-state index contributed by atoms with van der Waals surface area (Å²) in [7, 11) is 0. The number of hydrogen-bond acceptors (Lipinski definition) is 4. The van der Waals surface area contributed by atoms with E-state index in [9.17, 15) is 0 Å². The Kier molecular flexibility index (Phi) is 3.94. The van der Waals surface area contributed by atoms with Gasteiger partial charge in [-0.05, 0) is 37.1 Å². The number of anilines is 3. The fraction of sp³-hybridized carbons (Fsp3) is 0.286. The highest BCUT2D eigenvalue weighted by molar-refractivity contribution is 6.36. The molecule has 1 aliphatic heterocycles. The summed E-state index contributed by atoms with van der Waals surface area (Å²) in [5.74, 6) is 1.49. The monoisotopic (exact) mass is 308 g/mol. The number of benzene rings is 1. The van der Waals surface area contributed by atoms with Gasteiger partial charge in [-0.15, -0.1) is 0 Å². The van der Waals surface area contributed by atoms with E-state index in [-0.39, 0.29) is 0 Å². The van der Waals surface area contributed by atoms with E-state index in [0.717, 1.165) is 30.5 Å². The van der Waals surface area contributed by atoms with Crippen LogP contribution in [0.2, 0.25) is 10.0 Å². The lowest BCUT2D eigenvalue weighted by molar-refractivity contribution is 0.900. The highest BCUT2D eigenvalue weighted by Gasteiger charge is 2.15. The van der Waals surface area contributed by atoms with Crippen molar-refractivity contribution in [1.82, 2.24) is 9.97 Å². The SMILES string of the molecule is Clc1ccc(Nc2ccnc(N3CCCC3)n2)c(Cl)c1. The van der Waals surface area contributed by atoms with E-state index in [1.165, 1.54) is 12.8 Å². The van der Waals surface area contributed by atoms with Crippen molar-refractivity contribution in [2.45, 2.75) is 12.8 Å². The van der Waals surface area contributed by atoms with Crippen LogP contribution in [0.4, 0.5) is 17.5 Å². The zero-order valence-corrected chi connectivity index (χ0v) is 12.3. The summed E-state index contributed by atoms with van der Waals surface area (Å²) in [6.45, 7) is 2.04. The van der Waals surface area contributed by atoms with Gasteiger partial charge < -0.3 is 10.2 Å². The lowest BCUT2D eigenvalue weighted by Crippen LogP contribution is -2.20. The fourth-order valence-electron chi connectivity index (χ4n) is 2.22. The molecule has 2 heterocycles. The average Bonchev–Trinajstić information content (AvgIpc) is 2.96. The van der Waals surface area contributed by atoms with E-state index in [1.54, 1.807) is 18.3 Å². The Balaban J connectivity index is 1.81. The van der Waals surface area contributed by atoms with Crippen molar-refractivity contribution in [3.8, 4) is 0 Å². The number of hydrogen-bond donors (Lipinski definition) is 1. The van der Waals surface area contributed by atoms with Gasteiger partial charge in [0.1, 0.15) is 5.82 Å². The molecule has 1 aliphatic rings. The van der Waals surface area contributed by atoms with E-state index in [1.807, 2.05) is 12.1 Å². The Hall–Kier alpha value is -1.52. The third-order valence-electron chi connectivity index (χ3n) is 3.23. The van der Waals surface area contributed by atoms with E-state index in [4.69, 9.17) is 23.2 Å². The first-order chi connectivity index (χ1) is 9.72. The molecular weight excluding hydrogens is 295 g/mol. The molecule has 1 saturated heterocycles. The second kappa shape index (κ2) is 5.85. The molecule has 0 saturated carbocycles. The van der Waals surface area contributed by atoms with Gasteiger partial charge in [0.2, 0.25) is 5.95 Å². The minimum Gasteiger partial charge on any atom is -0.341 e. The van der Waals surface area contributed by atoms with Crippen LogP contribution in [0.5, 0.6) is 0 Å². The first kappa shape index (κ1) is 13.5. The molecule has 20 heavy (non-hydrogen) atoms. The Bertz CT molecular complexity index is 612. The summed E-state index contributed by atoms with van der Waals surface area (Å²) in [6.07, 6.45) is 4.15. The van der Waals surface area contributed by atoms with E-state index in [0.29, 0.717) is 10.0 Å². The van der Waals surface area contributed by atoms with Crippen LogP contribution in [-0.2, 0) is 0 Å². The molecule has 1 N–H and O–H groups in total. The third kappa shape index (κ3) is 2.97. The van der Waals surface area contributed by atoms with Crippen LogP contribution in [0.1, 0.15) is 12.8 Å². The standard InChI is InChI=1S/C14H14Cl2N4/c15-10-3-4-12(11(16)9-10)18-13-5-6-17-14(19-13)20-7-1-2-8-20/h3-6,9H,1-2,7-8H2,(H,17,18,19). The van der Waals surface area contributed by atoms with Crippen molar-refractivity contribution in [1.29, 1.82) is 0 Å². The predicted molar refractivity (Wildman–Crippen MR) is 83.2 cm³/mol. The molecule has 0 amide bonds. The van der Waals surface area contributed by atoms with Crippen molar-refractivity contribution in [2.75, 3.05) is 23.3 Å². The van der Waals surface area contributed by atoms with Gasteiger partial charge >= 0.3 is 0 Å². The van der Waals surface area contributed by atoms with Crippen molar-refractivity contribution in [2.24, 2.45) is 0 Å². The van der Waals surface area contributed by atoms with Gasteiger partial charge in [0.25, 0.3) is 0 Å². The lowest BCUT2D eigenvalue weighted by Gasteiger charge is -2.16. The topological polar surface area (TPSA) is 41.1 Å². The molecule has 0 radical (unpaired) electrons. The zero-order valence-electron chi connectivity index (χ0n) is 10.8. The minimum absolute atomic E-state index is 0.568. The number of nitrogens with zero attached hydrogens (tertiary/aromatic N) is 3. The molecule has 104 valence electrons. The predicted octanol–water partition coefficient (Wildman–Crippen LogP) is 4.13. The van der Waals surface area contributed by atoms with Gasteiger partial charge in [0.05, 0.1) is 10.7 Å². The molecule has 0 aliphatic carbocycles. The first-order valence-corrected chi connectivity index (χ1v) is 7.28. The second-order valence-corrected chi connectivity index (χ2v) is 5.53. The highest BCUT2D eigenvalue weighted by atomic mass is 35.5. The smallest absolute Gasteiger partial charge is 0.227 e. The van der Waals surface area contributed by atoms with Crippen LogP contribution in [0.3, 0.4) is 0 Å². The highest BCUT2D eigenvalue weighted by Crippen LogP contribution is 2.28. The Morgan fingerprint density at radius 1 is 1.10 bits per heavy atom. The van der Waals surface area contributed by atoms with Gasteiger partial charge in [-0.1, -0.05) is 23.2 Å². The molecule has 6 heteroatoms. The quantitative estimate of drug-likeness (QED) is 0.925. The number of halogens is 2. The molecule has 1 aromatic carbocycles. The van der Waals surface area contributed by atoms with Crippen LogP contribution in [0.25, 0.3) is 0 Å². The van der Waals surface area contributed by atoms with Crippen LogP contribution >= 0.6 is 23.2 Å². The summed E-state index contributed by atoms with van der Waals surface area (Å²) in [4.78, 5) is 11.0. The first-order valence-electron chi connectivity index (χ1n) is 6.52. The second-order valence-electron chi connectivity index (χ2n) is 4.69. The van der Waals surface area contributed by atoms with Crippen molar-refractivity contribution in [3.63, 3.8) is 0 Å². The zero-order chi connectivity index (χ0) is 13.9. The normalized spacial score (nSPS) is 14.6. The van der Waals surface area contributed by atoms with Gasteiger partial charge in [-0.2, -0.15) is 4.98 Å². The van der Waals surface area contributed by atoms with Crippen LogP contribution < -0.4 is 10.2 Å². The largest absolute Gasteiger partial charge is 0.341 e. The molecule has 0 unspecified atom stereocenters. The van der Waals surface area contributed by atoms with E-state index < -0.39 is 0 Å². The minimum atomic E-state index is 0.568. The Morgan fingerprint density at radius 3 is 2.65 bits per heavy atom. The van der Waals surface area contributed by atoms with Crippen LogP contribution in [0, 0.1) is 0 Å². The maximum absolute atomic E-state index is 6.15. The maximum atomic E-state index is 6.15. The van der Waals surface area contributed by atoms with E-state index >= 15 is 0 Å². The van der Waals surface area contributed by atoms with Crippen molar-refractivity contribution < 1.29 is 0 Å². The number of aromatic nitrogens is 2. The molecule has 1 aromatic heterocycles. The summed E-state index contributed by atoms with van der Waals surface area (Å²) >= 11 is 12.0. The molecule has 2 aromatic rings. The van der Waals surface area contributed by atoms with Gasteiger partial charge in [0.15, 0.2) is 0 Å². The summed E-state index contributed by atoms with van der Waals surface area (Å²) in [6, 6.07) is 7.15. The van der Waals surface area contributed by atoms with Gasteiger partial charge in [-0.25, -0.2) is 4.98 Å². The van der Waals surface area contributed by atoms with Crippen LogP contribution in [-0.4, -0.2) is 23.1 Å². The third-order valence-corrected chi connectivity index (χ3v) is 3.77. The van der Waals surface area contributed by atoms with Crippen molar-refractivity contribution in [3.05, 3.63) is 40.5 Å². The van der Waals surface area contributed by atoms with Crippen LogP contribution in [0.15, 0.2) is 30.5 Å². The van der Waals surface area contributed by atoms with E-state index in [2.05, 4.69) is 20.2 Å². The number of rotatable bonds is 3. The lowest BCUT2D eigenvalue weighted by atomic mass is 10.3. The molecular formula is C14H14Cl2N4. The average molecular weight is 309 g/mol.